The Kier molecular flexibility index (Phi) is 13.5. The maximum atomic E-state index is 15.5. The molecule has 2 aromatic heterocycles. The highest BCUT2D eigenvalue weighted by Crippen LogP contribution is 2.48. The van der Waals surface area contributed by atoms with Crippen LogP contribution in [0.5, 0.6) is 0 Å². The molecule has 1 amide bonds. The number of hydrogen-bond acceptors (Lipinski definition) is 9. The summed E-state index contributed by atoms with van der Waals surface area (Å²) in [5, 5.41) is 8.88. The predicted molar refractivity (Wildman–Crippen MR) is 228 cm³/mol. The Morgan fingerprint density at radius 2 is 1.73 bits per heavy atom. The molecule has 4 atom stereocenters. The van der Waals surface area contributed by atoms with Crippen molar-refractivity contribution >= 4 is 57.6 Å². The van der Waals surface area contributed by atoms with Crippen LogP contribution >= 0.6 is 23.5 Å². The fourth-order valence-electron chi connectivity index (χ4n) is 8.35. The lowest BCUT2D eigenvalue weighted by Gasteiger charge is -2.37. The number of carbonyl (C=O) groups is 1. The lowest BCUT2D eigenvalue weighted by Crippen LogP contribution is -2.45. The van der Waals surface area contributed by atoms with Crippen molar-refractivity contribution in [3.8, 4) is 5.69 Å². The minimum atomic E-state index is -3.64. The van der Waals surface area contributed by atoms with Crippen LogP contribution in [0.4, 0.5) is 46.5 Å². The molecule has 64 heavy (non-hydrogen) atoms. The second-order valence-electron chi connectivity index (χ2n) is 15.7. The van der Waals surface area contributed by atoms with E-state index in [0.29, 0.717) is 29.5 Å². The molecule has 0 bridgehead atoms. The number of nitrogens with one attached hydrogen (secondary N) is 2. The van der Waals surface area contributed by atoms with E-state index in [1.54, 1.807) is 18.4 Å². The second-order valence-corrected chi connectivity index (χ2v) is 16.7. The SMILES string of the molecule is CSN=C(N)c1c(Cl)ccc(-n2c(C(Cc3cc(F)cc(F)c3)NC(=O)Cn3nc(C(F)F)c4c3C(F)(F)C(C)C4)nc3cc(N4CC(C)OC(C)C4)ccc3c2=O)c1NCC(F)F. The van der Waals surface area contributed by atoms with Crippen molar-refractivity contribution < 1.29 is 44.7 Å². The fourth-order valence-corrected chi connectivity index (χ4v) is 8.89. The standard InChI is InChI=1S/C42H42ClF8N9O3S/c1-19-9-27-35(38(48)49)56-59(37(27)42(19,50)51)18-33(61)54-30(12-22-10-23(44)13-24(45)11-22)40-55-29-14-25(58-16-20(2)63-21(3)17-58)5-6-26(29)41(62)60(40)31-8-7-28(43)34(39(52)57-64-4)36(31)53-15-32(46)47/h5-8,10-11,13-14,19-21,30,32,38,53H,9,12,15-18H2,1-4H3,(H2,52,57)(H,54,61). The number of amides is 1. The molecule has 1 aliphatic carbocycles. The topological polar surface area (TPSA) is 145 Å². The number of carbonyl (C=O) groups excluding carboxylic acids is 1. The van der Waals surface area contributed by atoms with E-state index in [0.717, 1.165) is 28.6 Å². The number of morpholine rings is 1. The van der Waals surface area contributed by atoms with Gasteiger partial charge < -0.3 is 26.0 Å². The van der Waals surface area contributed by atoms with Gasteiger partial charge in [-0.2, -0.15) is 18.3 Å². The highest BCUT2D eigenvalue weighted by Gasteiger charge is 2.51. The van der Waals surface area contributed by atoms with E-state index in [4.69, 9.17) is 27.1 Å². The van der Waals surface area contributed by atoms with Gasteiger partial charge in [-0.15, -0.1) is 0 Å². The van der Waals surface area contributed by atoms with Crippen molar-refractivity contribution in [3.63, 3.8) is 0 Å². The number of hydrogen-bond donors (Lipinski definition) is 3. The zero-order valence-corrected chi connectivity index (χ0v) is 36.2. The summed E-state index contributed by atoms with van der Waals surface area (Å²) in [7, 11) is 0. The van der Waals surface area contributed by atoms with Gasteiger partial charge in [0.2, 0.25) is 5.91 Å². The summed E-state index contributed by atoms with van der Waals surface area (Å²) in [5.74, 6) is -8.69. The molecule has 3 aromatic carbocycles. The van der Waals surface area contributed by atoms with Crippen molar-refractivity contribution in [2.75, 3.05) is 36.1 Å². The van der Waals surface area contributed by atoms with Gasteiger partial charge in [0.15, 0.2) is 0 Å². The lowest BCUT2D eigenvalue weighted by molar-refractivity contribution is -0.123. The number of ether oxygens (including phenoxy) is 1. The number of anilines is 2. The Bertz CT molecular complexity index is 2650. The van der Waals surface area contributed by atoms with E-state index < -0.39 is 91.2 Å². The Morgan fingerprint density at radius 1 is 1.05 bits per heavy atom. The number of amidine groups is 1. The van der Waals surface area contributed by atoms with Gasteiger partial charge in [-0.25, -0.2) is 31.3 Å². The first-order valence-corrected chi connectivity index (χ1v) is 21.5. The Labute approximate surface area is 370 Å². The lowest BCUT2D eigenvalue weighted by atomic mass is 10.0. The first-order chi connectivity index (χ1) is 30.3. The summed E-state index contributed by atoms with van der Waals surface area (Å²) in [6.45, 7) is 3.90. The summed E-state index contributed by atoms with van der Waals surface area (Å²) in [6, 6.07) is 8.36. The molecular formula is C42H42ClF8N9O3S. The van der Waals surface area contributed by atoms with Gasteiger partial charge in [-0.05, 0) is 80.2 Å². The van der Waals surface area contributed by atoms with E-state index in [1.807, 2.05) is 18.7 Å². The molecule has 12 nitrogen and oxygen atoms in total. The monoisotopic (exact) mass is 939 g/mol. The highest BCUT2D eigenvalue weighted by atomic mass is 35.5. The molecule has 0 radical (unpaired) electrons. The van der Waals surface area contributed by atoms with Crippen LogP contribution in [0, 0.1) is 17.6 Å². The Morgan fingerprint density at radius 3 is 2.38 bits per heavy atom. The number of nitrogens with two attached hydrogens (primary N) is 1. The summed E-state index contributed by atoms with van der Waals surface area (Å²) in [5.41, 5.74) is 3.53. The van der Waals surface area contributed by atoms with Gasteiger partial charge >= 0.3 is 0 Å². The van der Waals surface area contributed by atoms with E-state index in [1.165, 1.54) is 25.1 Å². The average Bonchev–Trinajstić information content (AvgIpc) is 3.68. The van der Waals surface area contributed by atoms with Crippen LogP contribution in [0.3, 0.4) is 0 Å². The predicted octanol–water partition coefficient (Wildman–Crippen LogP) is 8.11. The van der Waals surface area contributed by atoms with Crippen molar-refractivity contribution in [1.82, 2.24) is 24.6 Å². The molecule has 4 N–H and O–H groups in total. The van der Waals surface area contributed by atoms with Gasteiger partial charge in [0.05, 0.1) is 57.7 Å². The third kappa shape index (κ3) is 9.37. The number of aromatic nitrogens is 4. The molecule has 1 aliphatic heterocycles. The van der Waals surface area contributed by atoms with Gasteiger partial charge in [-0.1, -0.05) is 18.5 Å². The third-order valence-corrected chi connectivity index (χ3v) is 11.6. The number of nitrogens with zero attached hydrogens (tertiary/aromatic N) is 6. The van der Waals surface area contributed by atoms with E-state index in [2.05, 4.69) is 20.1 Å². The summed E-state index contributed by atoms with van der Waals surface area (Å²) < 4.78 is 128. The van der Waals surface area contributed by atoms with Gasteiger partial charge in [0, 0.05) is 49.0 Å². The van der Waals surface area contributed by atoms with Crippen molar-refractivity contribution in [2.24, 2.45) is 16.0 Å². The summed E-state index contributed by atoms with van der Waals surface area (Å²) in [6.07, 6.45) is -5.88. The highest BCUT2D eigenvalue weighted by molar-refractivity contribution is 7.97. The summed E-state index contributed by atoms with van der Waals surface area (Å²) >= 11 is 7.53. The molecule has 1 saturated heterocycles. The maximum absolute atomic E-state index is 15.5. The molecule has 3 heterocycles. The smallest absolute Gasteiger partial charge is 0.292 e. The largest absolute Gasteiger partial charge is 0.383 e. The second kappa shape index (κ2) is 18.6. The van der Waals surface area contributed by atoms with Crippen LogP contribution in [-0.4, -0.2) is 75.6 Å². The van der Waals surface area contributed by atoms with Crippen LogP contribution in [0.2, 0.25) is 5.02 Å². The Balaban J connectivity index is 1.47. The van der Waals surface area contributed by atoms with Gasteiger partial charge in [-0.3, -0.25) is 18.8 Å². The minimum Gasteiger partial charge on any atom is -0.383 e. The minimum absolute atomic E-state index is 0.00813. The number of benzene rings is 3. The molecule has 342 valence electrons. The maximum Gasteiger partial charge on any atom is 0.292 e. The quantitative estimate of drug-likeness (QED) is 0.0436. The Hall–Kier alpha value is -5.41. The molecule has 22 heteroatoms. The average molecular weight is 940 g/mol. The molecule has 7 rings (SSSR count). The number of fused-ring (bicyclic) bond motifs is 2. The zero-order chi connectivity index (χ0) is 46.4. The molecule has 2 aliphatic rings. The van der Waals surface area contributed by atoms with Gasteiger partial charge in [0.1, 0.15) is 41.2 Å². The van der Waals surface area contributed by atoms with E-state index >= 15 is 13.6 Å². The van der Waals surface area contributed by atoms with E-state index in [-0.39, 0.29) is 67.9 Å². The number of alkyl halides is 6. The van der Waals surface area contributed by atoms with Crippen LogP contribution in [0.15, 0.2) is 57.7 Å². The molecular weight excluding hydrogens is 898 g/mol. The molecule has 0 saturated carbocycles. The fraction of sp³-hybridized carbons (Fsp3) is 0.405. The normalized spacial score (nSPS) is 19.1. The van der Waals surface area contributed by atoms with Crippen LogP contribution in [-0.2, 0) is 34.8 Å². The van der Waals surface area contributed by atoms with Crippen molar-refractivity contribution in [3.05, 3.63) is 109 Å². The zero-order valence-electron chi connectivity index (χ0n) is 34.6. The van der Waals surface area contributed by atoms with Crippen LogP contribution < -0.4 is 26.8 Å². The molecule has 1 fully saturated rings. The van der Waals surface area contributed by atoms with Gasteiger partial charge in [0.25, 0.3) is 24.3 Å². The first kappa shape index (κ1) is 46.6. The first-order valence-electron chi connectivity index (χ1n) is 20.0. The molecule has 4 unspecified atom stereocenters. The summed E-state index contributed by atoms with van der Waals surface area (Å²) in [4.78, 5) is 36.2. The third-order valence-electron chi connectivity index (χ3n) is 11.0. The molecule has 5 aromatic rings. The van der Waals surface area contributed by atoms with E-state index in [9.17, 15) is 31.1 Å². The molecule has 0 spiro atoms. The number of halogens is 9. The number of rotatable bonds is 14. The van der Waals surface area contributed by atoms with Crippen molar-refractivity contribution in [1.29, 1.82) is 0 Å². The van der Waals surface area contributed by atoms with Crippen molar-refractivity contribution in [2.45, 2.75) is 77.2 Å². The van der Waals surface area contributed by atoms with Crippen LogP contribution in [0.1, 0.15) is 67.1 Å². The van der Waals surface area contributed by atoms with Crippen LogP contribution in [0.25, 0.3) is 16.6 Å².